The molecule has 0 bridgehead atoms. The molecule has 1 aromatic rings. The van der Waals surface area contributed by atoms with E-state index in [1.54, 1.807) is 19.2 Å². The monoisotopic (exact) mass is 479 g/mol. The molecule has 0 fully saturated rings. The van der Waals surface area contributed by atoms with Crippen molar-refractivity contribution in [1.29, 1.82) is 0 Å². The minimum atomic E-state index is -0.451. The summed E-state index contributed by atoms with van der Waals surface area (Å²) in [4.78, 5) is 13.4. The molecule has 2 rings (SSSR count). The fraction of sp³-hybridized carbons (Fsp3) is 0.357. The van der Waals surface area contributed by atoms with E-state index in [4.69, 9.17) is 9.47 Å². The van der Waals surface area contributed by atoms with Gasteiger partial charge in [-0.25, -0.2) is 10.5 Å². The molecule has 1 atom stereocenters. The number of benzene rings is 1. The molecule has 1 heterocycles. The van der Waals surface area contributed by atoms with E-state index in [9.17, 15) is 9.18 Å². The third-order valence-electron chi connectivity index (χ3n) is 2.92. The number of hydrogen-bond acceptors (Lipinski definition) is 3. The summed E-state index contributed by atoms with van der Waals surface area (Å²) in [6.45, 7) is 0.0580. The Labute approximate surface area is 162 Å². The summed E-state index contributed by atoms with van der Waals surface area (Å²) < 4.78 is 23.9. The Morgan fingerprint density at radius 3 is 2.86 bits per heavy atom. The van der Waals surface area contributed by atoms with Crippen LogP contribution in [0.5, 0.6) is 5.75 Å². The molecule has 21 heavy (non-hydrogen) atoms. The van der Waals surface area contributed by atoms with Crippen molar-refractivity contribution < 1.29 is 51.4 Å². The van der Waals surface area contributed by atoms with Crippen LogP contribution in [0.15, 0.2) is 18.2 Å². The van der Waals surface area contributed by atoms with Gasteiger partial charge in [0.05, 0.1) is 9.74 Å². The van der Waals surface area contributed by atoms with Gasteiger partial charge in [0.2, 0.25) is 5.91 Å². The van der Waals surface area contributed by atoms with Crippen LogP contribution in [0.25, 0.3) is 5.70 Å². The molecule has 0 saturated carbocycles. The van der Waals surface area contributed by atoms with Crippen molar-refractivity contribution >= 4 is 34.2 Å². The summed E-state index contributed by atoms with van der Waals surface area (Å²) in [5, 5.41) is 0. The van der Waals surface area contributed by atoms with Crippen molar-refractivity contribution in [3.63, 3.8) is 0 Å². The number of allylic oxidation sites excluding steroid dienone is 1. The van der Waals surface area contributed by atoms with Crippen molar-refractivity contribution in [3.05, 3.63) is 35.7 Å². The van der Waals surface area contributed by atoms with Crippen molar-refractivity contribution in [2.75, 3.05) is 21.0 Å². The van der Waals surface area contributed by atoms with Gasteiger partial charge in [-0.05, 0) is 12.1 Å². The standard InChI is InChI=1S/C14H14FINO3.Y/c1-17-13(6-5-12(16)14(17)18)10-4-3-9(7-11(10)15)20-8-19-2;/h3-4,7,12H,5,8H2,1-2H3;/q-1;. The smallest absolute Gasteiger partial charge is 0.235 e. The number of amides is 1. The minimum Gasteiger partial charge on any atom is -0.468 e. The predicted octanol–water partition coefficient (Wildman–Crippen LogP) is 2.62. The van der Waals surface area contributed by atoms with Gasteiger partial charge in [0.1, 0.15) is 5.75 Å². The van der Waals surface area contributed by atoms with E-state index < -0.39 is 5.82 Å². The molecule has 0 aromatic heterocycles. The molecule has 1 radical (unpaired) electrons. The Balaban J connectivity index is 0.00000220. The third kappa shape index (κ3) is 4.47. The van der Waals surface area contributed by atoms with E-state index >= 15 is 0 Å². The Morgan fingerprint density at radius 1 is 1.52 bits per heavy atom. The first kappa shape index (κ1) is 19.0. The van der Waals surface area contributed by atoms with E-state index in [1.807, 2.05) is 0 Å². The second kappa shape index (κ2) is 8.55. The van der Waals surface area contributed by atoms with Gasteiger partial charge in [-0.15, -0.1) is 17.3 Å². The van der Waals surface area contributed by atoms with Crippen LogP contribution in [0.3, 0.4) is 0 Å². The van der Waals surface area contributed by atoms with E-state index in [-0.39, 0.29) is 49.3 Å². The molecular weight excluding hydrogens is 465 g/mol. The summed E-state index contributed by atoms with van der Waals surface area (Å²) in [5.74, 6) is -0.114. The number of rotatable bonds is 4. The SMILES string of the molecule is COCOc1ccc(C2=[C-]CC(I)C(=O)N2C)c(F)c1.[Y]. The zero-order valence-corrected chi connectivity index (χ0v) is 16.7. The van der Waals surface area contributed by atoms with Crippen molar-refractivity contribution in [1.82, 2.24) is 4.90 Å². The van der Waals surface area contributed by atoms with Crippen molar-refractivity contribution in [3.8, 4) is 5.75 Å². The van der Waals surface area contributed by atoms with E-state index in [2.05, 4.69) is 28.7 Å². The Hall–Kier alpha value is -0.0461. The Bertz CT molecular complexity index is 553. The molecule has 0 aliphatic carbocycles. The number of nitrogens with zero attached hydrogens (tertiary/aromatic N) is 1. The molecule has 0 saturated heterocycles. The molecule has 4 nitrogen and oxygen atoms in total. The first-order valence-corrected chi connectivity index (χ1v) is 7.23. The number of alkyl halides is 1. The number of carbonyl (C=O) groups excluding carboxylic acids is 1. The molecular formula is C14H14FINO3Y-. The van der Waals surface area contributed by atoms with Gasteiger partial charge < -0.3 is 14.4 Å². The fourth-order valence-electron chi connectivity index (χ4n) is 1.89. The zero-order valence-electron chi connectivity index (χ0n) is 11.7. The molecule has 0 N–H and O–H groups in total. The quantitative estimate of drug-likeness (QED) is 0.289. The molecule has 1 unspecified atom stereocenters. The van der Waals surface area contributed by atoms with Gasteiger partial charge in [-0.1, -0.05) is 29.0 Å². The van der Waals surface area contributed by atoms with Crippen LogP contribution in [0.1, 0.15) is 12.0 Å². The fourth-order valence-corrected chi connectivity index (χ4v) is 2.53. The summed E-state index contributed by atoms with van der Waals surface area (Å²) in [6, 6.07) is 4.50. The van der Waals surface area contributed by atoms with Gasteiger partial charge >= 0.3 is 0 Å². The van der Waals surface area contributed by atoms with Crippen molar-refractivity contribution in [2.24, 2.45) is 0 Å². The van der Waals surface area contributed by atoms with Crippen LogP contribution in [-0.4, -0.2) is 35.7 Å². The van der Waals surface area contributed by atoms with Gasteiger partial charge in [0.25, 0.3) is 0 Å². The van der Waals surface area contributed by atoms with Crippen LogP contribution in [0, 0.1) is 11.9 Å². The van der Waals surface area contributed by atoms with Crippen LogP contribution >= 0.6 is 22.6 Å². The number of methoxy groups -OCH3 is 1. The average molecular weight is 479 g/mol. The maximum absolute atomic E-state index is 14.1. The second-order valence-electron chi connectivity index (χ2n) is 4.29. The predicted molar refractivity (Wildman–Crippen MR) is 80.7 cm³/mol. The maximum Gasteiger partial charge on any atom is 0.235 e. The topological polar surface area (TPSA) is 38.8 Å². The van der Waals surface area contributed by atoms with Crippen LogP contribution < -0.4 is 4.74 Å². The normalized spacial score (nSPS) is 18.1. The average Bonchev–Trinajstić information content (AvgIpc) is 2.44. The number of hydrogen-bond donors (Lipinski definition) is 0. The molecule has 111 valence electrons. The molecule has 0 spiro atoms. The molecule has 7 heteroatoms. The second-order valence-corrected chi connectivity index (χ2v) is 5.79. The third-order valence-corrected chi connectivity index (χ3v) is 3.89. The number of carbonyl (C=O) groups is 1. The summed E-state index contributed by atoms with van der Waals surface area (Å²) in [5.41, 5.74) is 0.813. The minimum absolute atomic E-state index is 0. The Kier molecular flexibility index (Phi) is 7.74. The molecule has 1 aliphatic heterocycles. The van der Waals surface area contributed by atoms with Gasteiger partial charge in [-0.3, -0.25) is 4.79 Å². The van der Waals surface area contributed by atoms with E-state index in [0.29, 0.717) is 23.4 Å². The van der Waals surface area contributed by atoms with Gasteiger partial charge in [-0.2, -0.15) is 0 Å². The van der Waals surface area contributed by atoms with Crippen LogP contribution in [0.2, 0.25) is 0 Å². The first-order chi connectivity index (χ1) is 9.54. The summed E-state index contributed by atoms with van der Waals surface area (Å²) in [7, 11) is 3.12. The Morgan fingerprint density at radius 2 is 2.24 bits per heavy atom. The van der Waals surface area contributed by atoms with Gasteiger partial charge in [0, 0.05) is 46.9 Å². The van der Waals surface area contributed by atoms with Gasteiger partial charge in [0.15, 0.2) is 6.79 Å². The largest absolute Gasteiger partial charge is 0.468 e. The number of halogens is 2. The summed E-state index contributed by atoms with van der Waals surface area (Å²) >= 11 is 2.06. The zero-order chi connectivity index (χ0) is 14.7. The molecule has 1 aromatic carbocycles. The van der Waals surface area contributed by atoms with Crippen molar-refractivity contribution in [2.45, 2.75) is 10.3 Å². The summed E-state index contributed by atoms with van der Waals surface area (Å²) in [6.07, 6.45) is 3.56. The number of ether oxygens (including phenoxy) is 2. The molecule has 1 aliphatic rings. The molecule has 1 amide bonds. The van der Waals surface area contributed by atoms with E-state index in [1.165, 1.54) is 18.1 Å². The maximum atomic E-state index is 14.1. The first-order valence-electron chi connectivity index (χ1n) is 5.98. The van der Waals surface area contributed by atoms with Crippen LogP contribution in [0.4, 0.5) is 4.39 Å². The van der Waals surface area contributed by atoms with Crippen LogP contribution in [-0.2, 0) is 42.2 Å². The van der Waals surface area contributed by atoms with E-state index in [0.717, 1.165) is 0 Å².